The molecule has 8 nitrogen and oxygen atoms in total. The van der Waals surface area contributed by atoms with Crippen LogP contribution in [0.2, 0.25) is 0 Å². The highest BCUT2D eigenvalue weighted by Gasteiger charge is 2.36. The Morgan fingerprint density at radius 1 is 1.17 bits per heavy atom. The van der Waals surface area contributed by atoms with Gasteiger partial charge in [0.1, 0.15) is 5.92 Å². The maximum Gasteiger partial charge on any atom is 0.269 e. The summed E-state index contributed by atoms with van der Waals surface area (Å²) in [5.74, 6) is -0.806. The molecular formula is C21H24N5O3+. The standard InChI is InChI=1S/C21H23N5O3/c1-24(2)14-6-13-22-15-19-20(16-7-4-3-5-8-16)23-25(21(19)27)17-9-11-18(12-10-17)26(28)29/h3-5,7-12,15,19H,6,13-14H2,1-2H3/p+1. The van der Waals surface area contributed by atoms with E-state index >= 15 is 0 Å². The number of nitrogens with zero attached hydrogens (tertiary/aromatic N) is 4. The van der Waals surface area contributed by atoms with E-state index in [1.807, 2.05) is 30.3 Å². The van der Waals surface area contributed by atoms with Gasteiger partial charge in [0, 0.05) is 31.3 Å². The Kier molecular flexibility index (Phi) is 6.46. The molecule has 2 aromatic rings. The van der Waals surface area contributed by atoms with Crippen LogP contribution in [0.4, 0.5) is 11.4 Å². The van der Waals surface area contributed by atoms with Gasteiger partial charge in [-0.1, -0.05) is 30.3 Å². The van der Waals surface area contributed by atoms with Gasteiger partial charge in [-0.25, -0.2) is 0 Å². The Balaban J connectivity index is 1.85. The summed E-state index contributed by atoms with van der Waals surface area (Å²) in [6.45, 7) is 1.65. The lowest BCUT2D eigenvalue weighted by Gasteiger charge is -2.12. The van der Waals surface area contributed by atoms with Crippen LogP contribution < -0.4 is 9.91 Å². The Hall–Kier alpha value is -3.39. The Morgan fingerprint density at radius 2 is 1.86 bits per heavy atom. The quantitative estimate of drug-likeness (QED) is 0.319. The van der Waals surface area contributed by atoms with Crippen LogP contribution in [0.25, 0.3) is 0 Å². The first-order valence-corrected chi connectivity index (χ1v) is 9.48. The van der Waals surface area contributed by atoms with Crippen LogP contribution >= 0.6 is 0 Å². The molecule has 0 bridgehead atoms. The number of hydrogen-bond donors (Lipinski definition) is 1. The summed E-state index contributed by atoms with van der Waals surface area (Å²) in [5.41, 5.74) is 1.92. The molecule has 29 heavy (non-hydrogen) atoms. The maximum atomic E-state index is 13.1. The van der Waals surface area contributed by atoms with Crippen molar-refractivity contribution in [1.29, 1.82) is 0 Å². The van der Waals surface area contributed by atoms with Gasteiger partial charge >= 0.3 is 0 Å². The SMILES string of the molecule is C[NH+](C)CCCN=CC1C(=O)N(c2ccc([N+](=O)[O-])cc2)N=C1c1ccccc1. The zero-order valence-electron chi connectivity index (χ0n) is 16.5. The monoisotopic (exact) mass is 394 g/mol. The van der Waals surface area contributed by atoms with Gasteiger partial charge in [0.05, 0.1) is 37.0 Å². The molecule has 1 N–H and O–H groups in total. The fraction of sp³-hybridized carbons (Fsp3) is 0.286. The van der Waals surface area contributed by atoms with Crippen molar-refractivity contribution in [3.05, 3.63) is 70.3 Å². The molecule has 1 heterocycles. The molecule has 1 unspecified atom stereocenters. The normalized spacial score (nSPS) is 16.7. The largest absolute Gasteiger partial charge is 0.340 e. The zero-order valence-corrected chi connectivity index (χ0v) is 16.5. The Morgan fingerprint density at radius 3 is 2.48 bits per heavy atom. The predicted octanol–water partition coefficient (Wildman–Crippen LogP) is 1.57. The number of quaternary nitrogens is 1. The summed E-state index contributed by atoms with van der Waals surface area (Å²) in [6.07, 6.45) is 2.61. The summed E-state index contributed by atoms with van der Waals surface area (Å²) >= 11 is 0. The smallest absolute Gasteiger partial charge is 0.269 e. The second kappa shape index (κ2) is 9.20. The van der Waals surface area contributed by atoms with Gasteiger partial charge in [-0.15, -0.1) is 0 Å². The third kappa shape index (κ3) is 4.91. The average molecular weight is 394 g/mol. The molecule has 1 atom stereocenters. The third-order valence-corrected chi connectivity index (χ3v) is 4.57. The number of nitro groups is 1. The number of aliphatic imine (C=N–C) groups is 1. The fourth-order valence-corrected chi connectivity index (χ4v) is 3.05. The van der Waals surface area contributed by atoms with E-state index in [0.717, 1.165) is 18.5 Å². The van der Waals surface area contributed by atoms with Crippen LogP contribution in [0.1, 0.15) is 12.0 Å². The van der Waals surface area contributed by atoms with Crippen LogP contribution in [0.3, 0.4) is 0 Å². The third-order valence-electron chi connectivity index (χ3n) is 4.57. The number of anilines is 1. The fourth-order valence-electron chi connectivity index (χ4n) is 3.05. The minimum atomic E-state index is -0.584. The molecule has 1 aliphatic heterocycles. The van der Waals surface area contributed by atoms with Crippen molar-refractivity contribution in [3.8, 4) is 0 Å². The van der Waals surface area contributed by atoms with Gasteiger partial charge in [0.15, 0.2) is 0 Å². The predicted molar refractivity (Wildman–Crippen MR) is 113 cm³/mol. The van der Waals surface area contributed by atoms with E-state index in [1.165, 1.54) is 34.2 Å². The van der Waals surface area contributed by atoms with Crippen molar-refractivity contribution in [3.63, 3.8) is 0 Å². The van der Waals surface area contributed by atoms with Gasteiger partial charge in [-0.05, 0) is 17.7 Å². The van der Waals surface area contributed by atoms with E-state index in [2.05, 4.69) is 24.2 Å². The first-order valence-electron chi connectivity index (χ1n) is 9.48. The van der Waals surface area contributed by atoms with Crippen LogP contribution in [0.5, 0.6) is 0 Å². The van der Waals surface area contributed by atoms with Gasteiger partial charge in [-0.3, -0.25) is 19.9 Å². The molecule has 3 rings (SSSR count). The number of non-ortho nitro benzene ring substituents is 1. The molecule has 8 heteroatoms. The molecule has 0 fully saturated rings. The van der Waals surface area contributed by atoms with E-state index in [1.54, 1.807) is 6.21 Å². The number of hydrogen-bond acceptors (Lipinski definition) is 5. The molecule has 2 aromatic carbocycles. The summed E-state index contributed by atoms with van der Waals surface area (Å²) in [4.78, 5) is 29.3. The number of hydrazone groups is 1. The van der Waals surface area contributed by atoms with Crippen molar-refractivity contribution in [1.82, 2.24) is 0 Å². The summed E-state index contributed by atoms with van der Waals surface area (Å²) in [5, 5.41) is 16.7. The first-order chi connectivity index (χ1) is 14.0. The lowest BCUT2D eigenvalue weighted by atomic mass is 9.98. The Labute approximate surface area is 169 Å². The lowest BCUT2D eigenvalue weighted by molar-refractivity contribution is -0.858. The summed E-state index contributed by atoms with van der Waals surface area (Å²) < 4.78 is 0. The van der Waals surface area contributed by atoms with Crippen LogP contribution in [0.15, 0.2) is 64.7 Å². The Bertz CT molecular complexity index is 923. The van der Waals surface area contributed by atoms with E-state index in [4.69, 9.17) is 0 Å². The second-order valence-corrected chi connectivity index (χ2v) is 7.12. The van der Waals surface area contributed by atoms with E-state index in [9.17, 15) is 14.9 Å². The van der Waals surface area contributed by atoms with E-state index in [-0.39, 0.29) is 11.6 Å². The molecule has 1 amide bonds. The molecule has 150 valence electrons. The topological polar surface area (TPSA) is 92.6 Å². The van der Waals surface area contributed by atoms with Crippen LogP contribution in [-0.2, 0) is 4.79 Å². The average Bonchev–Trinajstić information content (AvgIpc) is 3.04. The van der Waals surface area contributed by atoms with Crippen molar-refractivity contribution in [2.75, 3.05) is 32.2 Å². The number of nitro benzene ring substituents is 1. The van der Waals surface area contributed by atoms with E-state index in [0.29, 0.717) is 17.9 Å². The number of carbonyl (C=O) groups excluding carboxylic acids is 1. The molecule has 0 aliphatic carbocycles. The second-order valence-electron chi connectivity index (χ2n) is 7.12. The molecule has 0 spiro atoms. The van der Waals surface area contributed by atoms with E-state index < -0.39 is 10.8 Å². The highest BCUT2D eigenvalue weighted by Crippen LogP contribution is 2.27. The van der Waals surface area contributed by atoms with Gasteiger partial charge in [0.25, 0.3) is 11.6 Å². The number of benzene rings is 2. The molecule has 0 aromatic heterocycles. The van der Waals surface area contributed by atoms with Crippen molar-refractivity contribution >= 4 is 29.2 Å². The van der Waals surface area contributed by atoms with Gasteiger partial charge < -0.3 is 4.90 Å². The number of amides is 1. The molecule has 1 aliphatic rings. The molecule has 0 saturated heterocycles. The molecule has 0 radical (unpaired) electrons. The lowest BCUT2D eigenvalue weighted by Crippen LogP contribution is -3.05. The summed E-state index contributed by atoms with van der Waals surface area (Å²) in [6, 6.07) is 15.3. The first kappa shape index (κ1) is 20.3. The molecule has 0 saturated carbocycles. The van der Waals surface area contributed by atoms with Crippen molar-refractivity contribution < 1.29 is 14.6 Å². The maximum absolute atomic E-state index is 13.1. The number of nitrogens with one attached hydrogen (secondary N) is 1. The molecular weight excluding hydrogens is 370 g/mol. The number of rotatable bonds is 8. The zero-order chi connectivity index (χ0) is 20.8. The highest BCUT2D eigenvalue weighted by atomic mass is 16.6. The minimum absolute atomic E-state index is 0.0335. The van der Waals surface area contributed by atoms with Gasteiger partial charge in [-0.2, -0.15) is 10.1 Å². The minimum Gasteiger partial charge on any atom is -0.340 e. The van der Waals surface area contributed by atoms with Crippen LogP contribution in [-0.4, -0.2) is 49.9 Å². The van der Waals surface area contributed by atoms with Gasteiger partial charge in [0.2, 0.25) is 0 Å². The summed E-state index contributed by atoms with van der Waals surface area (Å²) in [7, 11) is 4.18. The van der Waals surface area contributed by atoms with Crippen LogP contribution in [0, 0.1) is 16.0 Å². The highest BCUT2D eigenvalue weighted by molar-refractivity contribution is 6.29. The van der Waals surface area contributed by atoms with Crippen molar-refractivity contribution in [2.24, 2.45) is 16.0 Å². The number of carbonyl (C=O) groups is 1. The van der Waals surface area contributed by atoms with Crippen molar-refractivity contribution in [2.45, 2.75) is 6.42 Å².